The van der Waals surface area contributed by atoms with Gasteiger partial charge in [0, 0.05) is 12.1 Å². The largest absolute Gasteiger partial charge is 0.307 e. The lowest BCUT2D eigenvalue weighted by molar-refractivity contribution is 0.440. The second kappa shape index (κ2) is 7.10. The number of rotatable bonds is 6. The Labute approximate surface area is 116 Å². The maximum atomic E-state index is 3.86. The maximum absolute atomic E-state index is 3.86. The Bertz CT molecular complexity index is 444. The highest BCUT2D eigenvalue weighted by molar-refractivity contribution is 5.25. The van der Waals surface area contributed by atoms with Crippen LogP contribution in [0.5, 0.6) is 0 Å². The summed E-state index contributed by atoms with van der Waals surface area (Å²) in [6.45, 7) is 7.70. The molecular weight excluding hydrogens is 230 g/mol. The number of hydrogen-bond acceptors (Lipinski definition) is 1. The van der Waals surface area contributed by atoms with Gasteiger partial charge in [0.2, 0.25) is 0 Å². The fraction of sp³-hybridized carbons (Fsp3) is 0.333. The van der Waals surface area contributed by atoms with E-state index in [1.807, 2.05) is 12.2 Å². The summed E-state index contributed by atoms with van der Waals surface area (Å²) in [5, 5.41) is 3.65. The van der Waals surface area contributed by atoms with Gasteiger partial charge in [-0.15, -0.1) is 13.2 Å². The predicted molar refractivity (Wildman–Crippen MR) is 83.2 cm³/mol. The lowest BCUT2D eigenvalue weighted by atomic mass is 9.90. The van der Waals surface area contributed by atoms with Crippen LogP contribution in [-0.4, -0.2) is 12.1 Å². The van der Waals surface area contributed by atoms with Gasteiger partial charge in [0.25, 0.3) is 0 Å². The van der Waals surface area contributed by atoms with Crippen LogP contribution in [0.1, 0.15) is 24.8 Å². The van der Waals surface area contributed by atoms with Gasteiger partial charge in [-0.3, -0.25) is 0 Å². The normalized spacial score (nSPS) is 22.6. The quantitative estimate of drug-likeness (QED) is 0.755. The molecule has 1 heterocycles. The highest BCUT2D eigenvalue weighted by atomic mass is 15.0. The average Bonchev–Trinajstić information content (AvgIpc) is 2.40. The summed E-state index contributed by atoms with van der Waals surface area (Å²) < 4.78 is 0. The molecule has 100 valence electrons. The van der Waals surface area contributed by atoms with Gasteiger partial charge in [0.15, 0.2) is 0 Å². The van der Waals surface area contributed by atoms with Crippen molar-refractivity contribution in [2.75, 3.05) is 0 Å². The molecule has 0 spiro atoms. The van der Waals surface area contributed by atoms with E-state index in [1.54, 1.807) is 0 Å². The van der Waals surface area contributed by atoms with Crippen molar-refractivity contribution in [3.8, 4) is 0 Å². The van der Waals surface area contributed by atoms with Crippen LogP contribution >= 0.6 is 0 Å². The van der Waals surface area contributed by atoms with Gasteiger partial charge in [-0.25, -0.2) is 0 Å². The van der Waals surface area contributed by atoms with E-state index in [1.165, 1.54) is 11.1 Å². The molecule has 1 aliphatic heterocycles. The van der Waals surface area contributed by atoms with Crippen LogP contribution in [0.4, 0.5) is 0 Å². The summed E-state index contributed by atoms with van der Waals surface area (Å²) in [5.74, 6) is 0. The Morgan fingerprint density at radius 2 is 1.84 bits per heavy atom. The van der Waals surface area contributed by atoms with Crippen LogP contribution in [-0.2, 0) is 6.42 Å². The molecule has 0 bridgehead atoms. The van der Waals surface area contributed by atoms with E-state index in [4.69, 9.17) is 0 Å². The van der Waals surface area contributed by atoms with E-state index >= 15 is 0 Å². The van der Waals surface area contributed by atoms with Crippen molar-refractivity contribution >= 4 is 0 Å². The van der Waals surface area contributed by atoms with Crippen molar-refractivity contribution in [1.82, 2.24) is 5.32 Å². The van der Waals surface area contributed by atoms with E-state index < -0.39 is 0 Å². The summed E-state index contributed by atoms with van der Waals surface area (Å²) in [4.78, 5) is 0. The van der Waals surface area contributed by atoms with E-state index in [-0.39, 0.29) is 0 Å². The molecule has 1 aromatic carbocycles. The topological polar surface area (TPSA) is 12.0 Å². The van der Waals surface area contributed by atoms with Crippen molar-refractivity contribution in [2.45, 2.75) is 37.8 Å². The molecule has 0 amide bonds. The Morgan fingerprint density at radius 1 is 1.11 bits per heavy atom. The molecule has 0 saturated carbocycles. The number of nitrogens with one attached hydrogen (secondary N) is 1. The molecule has 1 aliphatic rings. The first-order valence-electron chi connectivity index (χ1n) is 7.03. The monoisotopic (exact) mass is 253 g/mol. The molecule has 0 aromatic heterocycles. The lowest BCUT2D eigenvalue weighted by Crippen LogP contribution is -2.40. The lowest BCUT2D eigenvalue weighted by Gasteiger charge is -2.29. The third-order valence-electron chi connectivity index (χ3n) is 3.54. The van der Waals surface area contributed by atoms with Crippen LogP contribution in [0.3, 0.4) is 0 Å². The molecule has 2 atom stereocenters. The van der Waals surface area contributed by atoms with Gasteiger partial charge in [-0.1, -0.05) is 54.1 Å². The van der Waals surface area contributed by atoms with Crippen molar-refractivity contribution in [1.29, 1.82) is 0 Å². The number of benzene rings is 1. The van der Waals surface area contributed by atoms with E-state index in [2.05, 4.69) is 54.9 Å². The number of hydrogen-bond donors (Lipinski definition) is 1. The molecule has 0 fully saturated rings. The Morgan fingerprint density at radius 3 is 2.53 bits per heavy atom. The Balaban J connectivity index is 2.07. The SMILES string of the molecule is C=CC[C@H]1CC(Cc2ccccc2)=C[C@H](CC=C)N1. The Hall–Kier alpha value is -1.60. The smallest absolute Gasteiger partial charge is 0.0289 e. The summed E-state index contributed by atoms with van der Waals surface area (Å²) in [6.07, 6.45) is 10.6. The minimum atomic E-state index is 0.426. The fourth-order valence-electron chi connectivity index (χ4n) is 2.74. The first-order valence-corrected chi connectivity index (χ1v) is 7.03. The minimum Gasteiger partial charge on any atom is -0.307 e. The zero-order chi connectivity index (χ0) is 13.5. The summed E-state index contributed by atoms with van der Waals surface area (Å²) >= 11 is 0. The van der Waals surface area contributed by atoms with Gasteiger partial charge < -0.3 is 5.32 Å². The standard InChI is InChI=1S/C18H23N/c1-3-8-17-13-16(14-18(19-17)9-4-2)12-15-10-6-5-7-11-15/h3-7,10-11,13,17-19H,1-2,8-9,12,14H2/t17-,18-/m0/s1. The van der Waals surface area contributed by atoms with Crippen LogP contribution in [0.15, 0.2) is 67.3 Å². The fourth-order valence-corrected chi connectivity index (χ4v) is 2.74. The van der Waals surface area contributed by atoms with E-state index in [0.29, 0.717) is 12.1 Å². The van der Waals surface area contributed by atoms with Crippen LogP contribution in [0.2, 0.25) is 0 Å². The van der Waals surface area contributed by atoms with Gasteiger partial charge in [-0.2, -0.15) is 0 Å². The minimum absolute atomic E-state index is 0.426. The van der Waals surface area contributed by atoms with Gasteiger partial charge >= 0.3 is 0 Å². The summed E-state index contributed by atoms with van der Waals surface area (Å²) in [6, 6.07) is 11.6. The van der Waals surface area contributed by atoms with Crippen molar-refractivity contribution < 1.29 is 0 Å². The Kier molecular flexibility index (Phi) is 5.17. The summed E-state index contributed by atoms with van der Waals surface area (Å²) in [7, 11) is 0. The molecule has 0 saturated heterocycles. The average molecular weight is 253 g/mol. The molecule has 1 N–H and O–H groups in total. The van der Waals surface area contributed by atoms with Gasteiger partial charge in [0.1, 0.15) is 0 Å². The van der Waals surface area contributed by atoms with Crippen molar-refractivity contribution in [2.24, 2.45) is 0 Å². The second-order valence-electron chi connectivity index (χ2n) is 5.21. The maximum Gasteiger partial charge on any atom is 0.0289 e. The first kappa shape index (κ1) is 13.8. The van der Waals surface area contributed by atoms with Crippen LogP contribution < -0.4 is 5.32 Å². The van der Waals surface area contributed by atoms with Crippen molar-refractivity contribution in [3.05, 3.63) is 72.9 Å². The molecule has 2 rings (SSSR count). The molecule has 0 unspecified atom stereocenters. The zero-order valence-corrected chi connectivity index (χ0v) is 11.5. The van der Waals surface area contributed by atoms with E-state index in [0.717, 1.165) is 25.7 Å². The molecule has 0 radical (unpaired) electrons. The first-order chi connectivity index (χ1) is 9.31. The van der Waals surface area contributed by atoms with E-state index in [9.17, 15) is 0 Å². The highest BCUT2D eigenvalue weighted by Gasteiger charge is 2.19. The van der Waals surface area contributed by atoms with Crippen molar-refractivity contribution in [3.63, 3.8) is 0 Å². The molecule has 1 nitrogen and oxygen atoms in total. The second-order valence-corrected chi connectivity index (χ2v) is 5.21. The summed E-state index contributed by atoms with van der Waals surface area (Å²) in [5.41, 5.74) is 2.93. The molecule has 1 aromatic rings. The predicted octanol–water partition coefficient (Wildman–Crippen LogP) is 4.04. The molecule has 19 heavy (non-hydrogen) atoms. The van der Waals surface area contributed by atoms with Crippen LogP contribution in [0.25, 0.3) is 0 Å². The highest BCUT2D eigenvalue weighted by Crippen LogP contribution is 2.21. The zero-order valence-electron chi connectivity index (χ0n) is 11.5. The third kappa shape index (κ3) is 4.22. The third-order valence-corrected chi connectivity index (χ3v) is 3.54. The molecule has 1 heteroatoms. The molecule has 0 aliphatic carbocycles. The van der Waals surface area contributed by atoms with Gasteiger partial charge in [0.05, 0.1) is 0 Å². The van der Waals surface area contributed by atoms with Crippen LogP contribution in [0, 0.1) is 0 Å². The van der Waals surface area contributed by atoms with Gasteiger partial charge in [-0.05, 0) is 31.2 Å². The molecular formula is C18H23N.